The smallest absolute Gasteiger partial charge is 0.264 e. The summed E-state index contributed by atoms with van der Waals surface area (Å²) in [6, 6.07) is 5.00. The molecule has 0 atom stereocenters. The Hall–Kier alpha value is -2.45. The van der Waals surface area contributed by atoms with E-state index in [1.54, 1.807) is 30.1 Å². The number of β-amino-alcohol motifs (C(OH)–C–C–N with tert-alkyl or cyclic N) is 1. The molecule has 2 amide bonds. The molecular weight excluding hydrogens is 350 g/mol. The number of carbonyl (C=O) groups excluding carboxylic acids is 3. The fourth-order valence-corrected chi connectivity index (χ4v) is 3.33. The zero-order chi connectivity index (χ0) is 19.4. The van der Waals surface area contributed by atoms with Crippen LogP contribution in [0.4, 0.5) is 5.69 Å². The van der Waals surface area contributed by atoms with Crippen molar-refractivity contribution in [3.8, 4) is 5.75 Å². The van der Waals surface area contributed by atoms with Crippen LogP contribution < -0.4 is 9.64 Å². The minimum atomic E-state index is -0.164. The molecule has 8 heteroatoms. The number of rotatable bonds is 6. The lowest BCUT2D eigenvalue weighted by atomic mass is 10.0. The fourth-order valence-electron chi connectivity index (χ4n) is 3.33. The number of nitrogens with zero attached hydrogens (tertiary/aromatic N) is 3. The monoisotopic (exact) mass is 375 g/mol. The minimum absolute atomic E-state index is 0.00311. The molecule has 0 radical (unpaired) electrons. The summed E-state index contributed by atoms with van der Waals surface area (Å²) in [5.74, 6) is 0.255. The van der Waals surface area contributed by atoms with E-state index in [0.29, 0.717) is 36.6 Å². The first-order valence-corrected chi connectivity index (χ1v) is 9.17. The zero-order valence-electron chi connectivity index (χ0n) is 15.5. The second-order valence-corrected chi connectivity index (χ2v) is 6.79. The quantitative estimate of drug-likeness (QED) is 0.712. The molecule has 0 aliphatic carbocycles. The molecule has 146 valence electrons. The van der Waals surface area contributed by atoms with Crippen molar-refractivity contribution in [2.75, 3.05) is 57.9 Å². The van der Waals surface area contributed by atoms with E-state index in [-0.39, 0.29) is 43.7 Å². The van der Waals surface area contributed by atoms with Gasteiger partial charge in [0.2, 0.25) is 5.91 Å². The largest absolute Gasteiger partial charge is 0.482 e. The number of likely N-dealkylation sites (N-methyl/N-ethyl adjacent to an activating group) is 1. The number of ether oxygens (including phenoxy) is 1. The van der Waals surface area contributed by atoms with Gasteiger partial charge >= 0.3 is 0 Å². The summed E-state index contributed by atoms with van der Waals surface area (Å²) < 4.78 is 5.36. The Bertz CT molecular complexity index is 728. The van der Waals surface area contributed by atoms with Gasteiger partial charge in [-0.2, -0.15) is 0 Å². The lowest BCUT2D eigenvalue weighted by molar-refractivity contribution is -0.133. The molecule has 1 fully saturated rings. The van der Waals surface area contributed by atoms with Crippen LogP contribution in [0.3, 0.4) is 0 Å². The number of benzene rings is 1. The van der Waals surface area contributed by atoms with E-state index >= 15 is 0 Å². The Balaban J connectivity index is 1.54. The number of aliphatic hydroxyl groups excluding tert-OH is 1. The van der Waals surface area contributed by atoms with Crippen LogP contribution >= 0.6 is 0 Å². The fraction of sp³-hybridized carbons (Fsp3) is 0.526. The molecule has 1 N–H and O–H groups in total. The number of aliphatic hydroxyl groups is 1. The highest BCUT2D eigenvalue weighted by Gasteiger charge is 2.24. The number of hydrogen-bond acceptors (Lipinski definition) is 6. The minimum Gasteiger partial charge on any atom is -0.482 e. The number of amides is 2. The SMILES string of the molecule is CN1C(=O)COc2ccc(C(=O)CCC(=O)N3CCN(CCO)CC3)cc21. The normalized spacial score (nSPS) is 17.5. The van der Waals surface area contributed by atoms with Crippen LogP contribution in [0, 0.1) is 0 Å². The van der Waals surface area contributed by atoms with Crippen molar-refractivity contribution in [3.05, 3.63) is 23.8 Å². The van der Waals surface area contributed by atoms with E-state index in [1.807, 2.05) is 0 Å². The topological polar surface area (TPSA) is 90.4 Å². The molecule has 0 saturated carbocycles. The van der Waals surface area contributed by atoms with E-state index in [4.69, 9.17) is 9.84 Å². The number of hydrogen-bond donors (Lipinski definition) is 1. The Morgan fingerprint density at radius 2 is 1.89 bits per heavy atom. The van der Waals surface area contributed by atoms with E-state index in [9.17, 15) is 14.4 Å². The third kappa shape index (κ3) is 4.45. The summed E-state index contributed by atoms with van der Waals surface area (Å²) in [5, 5.41) is 8.96. The van der Waals surface area contributed by atoms with Gasteiger partial charge in [-0.1, -0.05) is 0 Å². The Kier molecular flexibility index (Phi) is 6.08. The number of ketones is 1. The molecule has 1 aromatic carbocycles. The van der Waals surface area contributed by atoms with Crippen molar-refractivity contribution < 1.29 is 24.2 Å². The maximum Gasteiger partial charge on any atom is 0.264 e. The Morgan fingerprint density at radius 3 is 2.59 bits per heavy atom. The van der Waals surface area contributed by atoms with E-state index in [2.05, 4.69) is 4.90 Å². The molecule has 2 aliphatic heterocycles. The van der Waals surface area contributed by atoms with Gasteiger partial charge in [-0.15, -0.1) is 0 Å². The summed E-state index contributed by atoms with van der Waals surface area (Å²) in [6.45, 7) is 3.47. The predicted molar refractivity (Wildman–Crippen MR) is 99.0 cm³/mol. The molecular formula is C19H25N3O5. The van der Waals surface area contributed by atoms with Gasteiger partial charge in [0.05, 0.1) is 12.3 Å². The van der Waals surface area contributed by atoms with Gasteiger partial charge in [-0.25, -0.2) is 0 Å². The van der Waals surface area contributed by atoms with Crippen molar-refractivity contribution >= 4 is 23.3 Å². The third-order valence-electron chi connectivity index (χ3n) is 5.07. The maximum atomic E-state index is 12.5. The zero-order valence-corrected chi connectivity index (χ0v) is 15.5. The summed E-state index contributed by atoms with van der Waals surface area (Å²) in [6.07, 6.45) is 0.300. The van der Waals surface area contributed by atoms with Gasteiger partial charge in [-0.05, 0) is 18.2 Å². The highest BCUT2D eigenvalue weighted by atomic mass is 16.5. The predicted octanol–water partition coefficient (Wildman–Crippen LogP) is 0.141. The highest BCUT2D eigenvalue weighted by molar-refractivity contribution is 6.02. The van der Waals surface area contributed by atoms with E-state index in [1.165, 1.54) is 4.90 Å². The molecule has 2 heterocycles. The third-order valence-corrected chi connectivity index (χ3v) is 5.07. The van der Waals surface area contributed by atoms with Crippen LogP contribution in [0.2, 0.25) is 0 Å². The van der Waals surface area contributed by atoms with Gasteiger partial charge in [-0.3, -0.25) is 19.3 Å². The summed E-state index contributed by atoms with van der Waals surface area (Å²) >= 11 is 0. The molecule has 0 bridgehead atoms. The van der Waals surface area contributed by atoms with Crippen molar-refractivity contribution in [1.82, 2.24) is 9.80 Å². The second-order valence-electron chi connectivity index (χ2n) is 6.79. The number of anilines is 1. The van der Waals surface area contributed by atoms with Crippen LogP contribution in [-0.2, 0) is 9.59 Å². The van der Waals surface area contributed by atoms with Crippen LogP contribution in [0.15, 0.2) is 18.2 Å². The van der Waals surface area contributed by atoms with Gasteiger partial charge in [0.25, 0.3) is 5.91 Å². The molecule has 3 rings (SSSR count). The summed E-state index contributed by atoms with van der Waals surface area (Å²) in [7, 11) is 1.65. The van der Waals surface area contributed by atoms with Crippen molar-refractivity contribution in [3.63, 3.8) is 0 Å². The molecule has 0 aromatic heterocycles. The average Bonchev–Trinajstić information content (AvgIpc) is 2.69. The van der Waals surface area contributed by atoms with E-state index < -0.39 is 0 Å². The number of carbonyl (C=O) groups is 3. The van der Waals surface area contributed by atoms with Crippen LogP contribution in [0.25, 0.3) is 0 Å². The second kappa shape index (κ2) is 8.49. The molecule has 2 aliphatic rings. The lowest BCUT2D eigenvalue weighted by Crippen LogP contribution is -2.49. The number of Topliss-reactive ketones (excluding diaryl/α,β-unsaturated/α-hetero) is 1. The first-order chi connectivity index (χ1) is 13.0. The lowest BCUT2D eigenvalue weighted by Gasteiger charge is -2.34. The van der Waals surface area contributed by atoms with Gasteiger partial charge in [0.1, 0.15) is 5.75 Å². The van der Waals surface area contributed by atoms with Crippen LogP contribution in [0.5, 0.6) is 5.75 Å². The molecule has 1 saturated heterocycles. The highest BCUT2D eigenvalue weighted by Crippen LogP contribution is 2.32. The first-order valence-electron chi connectivity index (χ1n) is 9.17. The summed E-state index contributed by atoms with van der Waals surface area (Å²) in [5.41, 5.74) is 1.04. The van der Waals surface area contributed by atoms with Crippen LogP contribution in [-0.4, -0.2) is 85.5 Å². The van der Waals surface area contributed by atoms with Gasteiger partial charge < -0.3 is 19.6 Å². The molecule has 0 unspecified atom stereocenters. The van der Waals surface area contributed by atoms with Gasteiger partial charge in [0, 0.05) is 58.2 Å². The van der Waals surface area contributed by atoms with Crippen LogP contribution in [0.1, 0.15) is 23.2 Å². The van der Waals surface area contributed by atoms with Crippen molar-refractivity contribution in [1.29, 1.82) is 0 Å². The van der Waals surface area contributed by atoms with Crippen molar-refractivity contribution in [2.24, 2.45) is 0 Å². The number of fused-ring (bicyclic) bond motifs is 1. The maximum absolute atomic E-state index is 12.5. The van der Waals surface area contributed by atoms with E-state index in [0.717, 1.165) is 13.1 Å². The molecule has 27 heavy (non-hydrogen) atoms. The van der Waals surface area contributed by atoms with Crippen molar-refractivity contribution in [2.45, 2.75) is 12.8 Å². The molecule has 8 nitrogen and oxygen atoms in total. The Morgan fingerprint density at radius 1 is 1.15 bits per heavy atom. The number of piperazine rings is 1. The standard InChI is InChI=1S/C19H25N3O5/c1-20-15-12-14(2-4-17(15)27-13-19(20)26)16(24)3-5-18(25)22-8-6-21(7-9-22)10-11-23/h2,4,12,23H,3,5-11,13H2,1H3. The average molecular weight is 375 g/mol. The molecule has 1 aromatic rings. The van der Waals surface area contributed by atoms with Gasteiger partial charge in [0.15, 0.2) is 12.4 Å². The summed E-state index contributed by atoms with van der Waals surface area (Å²) in [4.78, 5) is 42.0. The first kappa shape index (κ1) is 19.3. The Labute approximate surface area is 158 Å². The molecule has 0 spiro atoms.